The lowest BCUT2D eigenvalue weighted by Crippen LogP contribution is -2.41. The van der Waals surface area contributed by atoms with Gasteiger partial charge >= 0.3 is 6.03 Å². The zero-order valence-corrected chi connectivity index (χ0v) is 19.6. The quantitative estimate of drug-likeness (QED) is 0.396. The maximum atomic E-state index is 13.6. The van der Waals surface area contributed by atoms with Crippen molar-refractivity contribution in [1.29, 1.82) is 0 Å². The molecular formula is C27H27F2N3OS. The molecule has 1 aliphatic carbocycles. The lowest BCUT2D eigenvalue weighted by molar-refractivity contribution is 0.152. The molecule has 1 aliphatic heterocycles. The predicted molar refractivity (Wildman–Crippen MR) is 133 cm³/mol. The van der Waals surface area contributed by atoms with Crippen LogP contribution in [0.1, 0.15) is 48.8 Å². The van der Waals surface area contributed by atoms with Crippen molar-refractivity contribution < 1.29 is 13.6 Å². The lowest BCUT2D eigenvalue weighted by Gasteiger charge is -2.25. The van der Waals surface area contributed by atoms with Crippen LogP contribution in [-0.2, 0) is 12.0 Å². The highest BCUT2D eigenvalue weighted by Gasteiger charge is 2.46. The molecule has 176 valence electrons. The minimum Gasteiger partial charge on any atom is -0.334 e. The number of hydrogen-bond acceptors (Lipinski definition) is 3. The average Bonchev–Trinajstić information content (AvgIpc) is 3.48. The third-order valence-corrected chi connectivity index (χ3v) is 7.68. The number of amides is 2. The SMILES string of the molecule is NSc1ccc(CNC(=O)N2CC3(CCCC3)c3cc(-c4ccccc4C(F)F)ccc32)cc1. The monoisotopic (exact) mass is 479 g/mol. The largest absolute Gasteiger partial charge is 0.334 e. The molecule has 3 aromatic carbocycles. The molecule has 0 atom stereocenters. The van der Waals surface area contributed by atoms with Crippen LogP contribution in [-0.4, -0.2) is 12.6 Å². The zero-order chi connectivity index (χ0) is 23.7. The highest BCUT2D eigenvalue weighted by Crippen LogP contribution is 2.51. The second kappa shape index (κ2) is 9.39. The van der Waals surface area contributed by atoms with Crippen LogP contribution in [0, 0.1) is 0 Å². The molecule has 1 fully saturated rings. The van der Waals surface area contributed by atoms with Crippen LogP contribution in [0.5, 0.6) is 0 Å². The summed E-state index contributed by atoms with van der Waals surface area (Å²) in [5, 5.41) is 8.63. The summed E-state index contributed by atoms with van der Waals surface area (Å²) < 4.78 is 27.3. The lowest BCUT2D eigenvalue weighted by atomic mass is 9.79. The van der Waals surface area contributed by atoms with Gasteiger partial charge < -0.3 is 5.32 Å². The van der Waals surface area contributed by atoms with Gasteiger partial charge in [0.25, 0.3) is 6.43 Å². The molecule has 7 heteroatoms. The number of alkyl halides is 2. The Kier molecular flexibility index (Phi) is 6.32. The van der Waals surface area contributed by atoms with Gasteiger partial charge in [-0.2, -0.15) is 0 Å². The van der Waals surface area contributed by atoms with Crippen molar-refractivity contribution in [3.8, 4) is 11.1 Å². The number of carbonyl (C=O) groups excluding carboxylic acids is 1. The fraction of sp³-hybridized carbons (Fsp3) is 0.296. The van der Waals surface area contributed by atoms with Crippen LogP contribution >= 0.6 is 11.9 Å². The van der Waals surface area contributed by atoms with Crippen LogP contribution in [0.3, 0.4) is 0 Å². The van der Waals surface area contributed by atoms with Gasteiger partial charge in [-0.15, -0.1) is 0 Å². The third-order valence-electron chi connectivity index (χ3n) is 7.14. The van der Waals surface area contributed by atoms with Gasteiger partial charge in [-0.1, -0.05) is 55.3 Å². The van der Waals surface area contributed by atoms with E-state index in [0.717, 1.165) is 53.0 Å². The van der Waals surface area contributed by atoms with Gasteiger partial charge in [0.2, 0.25) is 0 Å². The Bertz CT molecular complexity index is 1190. The van der Waals surface area contributed by atoms with Crippen molar-refractivity contribution in [2.75, 3.05) is 11.4 Å². The number of urea groups is 1. The highest BCUT2D eigenvalue weighted by molar-refractivity contribution is 7.97. The number of nitrogens with one attached hydrogen (secondary N) is 1. The molecule has 0 unspecified atom stereocenters. The average molecular weight is 480 g/mol. The Balaban J connectivity index is 1.43. The molecule has 0 bridgehead atoms. The first-order valence-electron chi connectivity index (χ1n) is 11.5. The number of benzene rings is 3. The number of rotatable bonds is 5. The number of fused-ring (bicyclic) bond motifs is 2. The molecule has 0 aromatic heterocycles. The summed E-state index contributed by atoms with van der Waals surface area (Å²) in [6, 6.07) is 20.1. The molecule has 2 aliphatic rings. The minimum absolute atomic E-state index is 0.0366. The molecule has 3 aromatic rings. The summed E-state index contributed by atoms with van der Waals surface area (Å²) in [4.78, 5) is 16.0. The molecule has 3 N–H and O–H groups in total. The normalized spacial score (nSPS) is 16.3. The summed E-state index contributed by atoms with van der Waals surface area (Å²) in [6.45, 7) is 1.05. The fourth-order valence-electron chi connectivity index (χ4n) is 5.41. The molecule has 1 saturated carbocycles. The molecular weight excluding hydrogens is 452 g/mol. The Hall–Kier alpha value is -2.90. The van der Waals surface area contributed by atoms with E-state index in [1.54, 1.807) is 18.2 Å². The van der Waals surface area contributed by atoms with Gasteiger partial charge in [-0.25, -0.2) is 13.6 Å². The van der Waals surface area contributed by atoms with E-state index in [-0.39, 0.29) is 17.0 Å². The van der Waals surface area contributed by atoms with Gasteiger partial charge in [0, 0.05) is 34.7 Å². The van der Waals surface area contributed by atoms with Gasteiger partial charge in [0.15, 0.2) is 0 Å². The van der Waals surface area contributed by atoms with Gasteiger partial charge in [0.1, 0.15) is 0 Å². The molecule has 1 heterocycles. The molecule has 0 radical (unpaired) electrons. The van der Waals surface area contributed by atoms with Gasteiger partial charge in [0.05, 0.1) is 0 Å². The Labute approximate surface area is 202 Å². The first-order valence-corrected chi connectivity index (χ1v) is 12.4. The third kappa shape index (κ3) is 4.18. The fourth-order valence-corrected chi connectivity index (χ4v) is 5.70. The van der Waals surface area contributed by atoms with E-state index < -0.39 is 6.43 Å². The van der Waals surface area contributed by atoms with E-state index in [1.165, 1.54) is 18.0 Å². The molecule has 0 saturated heterocycles. The van der Waals surface area contributed by atoms with E-state index in [0.29, 0.717) is 18.7 Å². The van der Waals surface area contributed by atoms with E-state index >= 15 is 0 Å². The van der Waals surface area contributed by atoms with Crippen molar-refractivity contribution in [3.05, 3.63) is 83.4 Å². The number of nitrogens with zero attached hydrogens (tertiary/aromatic N) is 1. The Morgan fingerprint density at radius 3 is 2.50 bits per heavy atom. The van der Waals surface area contributed by atoms with Gasteiger partial charge in [-0.05, 0) is 71.3 Å². The maximum absolute atomic E-state index is 13.6. The Morgan fingerprint density at radius 1 is 1.06 bits per heavy atom. The summed E-state index contributed by atoms with van der Waals surface area (Å²) in [6.07, 6.45) is 1.69. The smallest absolute Gasteiger partial charge is 0.322 e. The van der Waals surface area contributed by atoms with Crippen molar-refractivity contribution >= 4 is 23.7 Å². The number of anilines is 1. The molecule has 2 amide bonds. The van der Waals surface area contributed by atoms with E-state index in [4.69, 9.17) is 5.14 Å². The number of hydrogen-bond donors (Lipinski definition) is 2. The number of halogens is 2. The predicted octanol–water partition coefficient (Wildman–Crippen LogP) is 6.80. The zero-order valence-electron chi connectivity index (χ0n) is 18.8. The summed E-state index contributed by atoms with van der Waals surface area (Å²) >= 11 is 1.19. The summed E-state index contributed by atoms with van der Waals surface area (Å²) in [7, 11) is 0. The van der Waals surface area contributed by atoms with E-state index in [9.17, 15) is 13.6 Å². The van der Waals surface area contributed by atoms with Crippen LogP contribution in [0.25, 0.3) is 11.1 Å². The molecule has 5 rings (SSSR count). The van der Waals surface area contributed by atoms with Crippen molar-refractivity contribution in [2.45, 2.75) is 49.0 Å². The van der Waals surface area contributed by atoms with Gasteiger partial charge in [-0.3, -0.25) is 10.0 Å². The molecule has 4 nitrogen and oxygen atoms in total. The molecule has 1 spiro atoms. The van der Waals surface area contributed by atoms with Crippen LogP contribution < -0.4 is 15.4 Å². The van der Waals surface area contributed by atoms with Crippen LogP contribution in [0.15, 0.2) is 71.6 Å². The number of nitrogens with two attached hydrogens (primary N) is 1. The van der Waals surface area contributed by atoms with Crippen LogP contribution in [0.2, 0.25) is 0 Å². The topological polar surface area (TPSA) is 58.4 Å². The second-order valence-electron chi connectivity index (χ2n) is 9.11. The first-order chi connectivity index (χ1) is 16.5. The van der Waals surface area contributed by atoms with Crippen molar-refractivity contribution in [3.63, 3.8) is 0 Å². The Morgan fingerprint density at radius 2 is 1.79 bits per heavy atom. The minimum atomic E-state index is -2.54. The standard InChI is InChI=1S/C27H27F2N3OS/c28-25(29)22-6-2-1-5-21(22)19-9-12-24-23(15-19)27(13-3-4-14-27)17-32(24)26(33)31-16-18-7-10-20(34-30)11-8-18/h1-2,5-12,15,25H,3-4,13-14,16-17,30H2,(H,31,33). The van der Waals surface area contributed by atoms with Crippen molar-refractivity contribution in [2.24, 2.45) is 5.14 Å². The first kappa shape index (κ1) is 22.9. The van der Waals surface area contributed by atoms with Crippen molar-refractivity contribution in [1.82, 2.24) is 5.32 Å². The summed E-state index contributed by atoms with van der Waals surface area (Å²) in [5.74, 6) is 0. The van der Waals surface area contributed by atoms with Crippen LogP contribution in [0.4, 0.5) is 19.3 Å². The summed E-state index contributed by atoms with van der Waals surface area (Å²) in [5.41, 5.74) is 4.24. The number of carbonyl (C=O) groups is 1. The van der Waals surface area contributed by atoms with E-state index in [2.05, 4.69) is 5.32 Å². The second-order valence-corrected chi connectivity index (χ2v) is 9.82. The molecule has 34 heavy (non-hydrogen) atoms. The highest BCUT2D eigenvalue weighted by atomic mass is 32.2. The van der Waals surface area contributed by atoms with E-state index in [1.807, 2.05) is 47.4 Å². The maximum Gasteiger partial charge on any atom is 0.322 e.